The second-order valence-electron chi connectivity index (χ2n) is 4.42. The molecule has 0 aromatic heterocycles. The number of hydrogen-bond donors (Lipinski definition) is 0. The zero-order chi connectivity index (χ0) is 8.55. The van der Waals surface area contributed by atoms with Gasteiger partial charge in [-0.2, -0.15) is 0 Å². The Morgan fingerprint density at radius 3 is 2.75 bits per heavy atom. The summed E-state index contributed by atoms with van der Waals surface area (Å²) in [4.78, 5) is 2.70. The topological polar surface area (TPSA) is 3.24 Å². The molecule has 70 valence electrons. The normalized spacial score (nSPS) is 42.0. The first-order chi connectivity index (χ1) is 5.86. The molecule has 0 aromatic carbocycles. The SMILES string of the molecule is CCC1C2CCCC2CN1CC. The Hall–Kier alpha value is -0.0400. The van der Waals surface area contributed by atoms with Crippen LogP contribution in [0, 0.1) is 11.8 Å². The van der Waals surface area contributed by atoms with Gasteiger partial charge in [0.05, 0.1) is 0 Å². The van der Waals surface area contributed by atoms with Gasteiger partial charge in [0.25, 0.3) is 0 Å². The van der Waals surface area contributed by atoms with Gasteiger partial charge in [0.1, 0.15) is 0 Å². The molecule has 1 nitrogen and oxygen atoms in total. The first-order valence-electron chi connectivity index (χ1n) is 5.60. The summed E-state index contributed by atoms with van der Waals surface area (Å²) < 4.78 is 0. The van der Waals surface area contributed by atoms with Crippen LogP contribution in [0.3, 0.4) is 0 Å². The van der Waals surface area contributed by atoms with Gasteiger partial charge in [-0.1, -0.05) is 20.3 Å². The molecule has 2 fully saturated rings. The van der Waals surface area contributed by atoms with Crippen molar-refractivity contribution >= 4 is 0 Å². The fourth-order valence-corrected chi connectivity index (χ4v) is 3.43. The van der Waals surface area contributed by atoms with E-state index in [1.807, 2.05) is 0 Å². The molecule has 1 heteroatoms. The van der Waals surface area contributed by atoms with Gasteiger partial charge in [0.15, 0.2) is 0 Å². The lowest BCUT2D eigenvalue weighted by Gasteiger charge is -2.25. The Labute approximate surface area is 76.1 Å². The number of fused-ring (bicyclic) bond motifs is 1. The van der Waals surface area contributed by atoms with Crippen molar-refractivity contribution in [2.75, 3.05) is 13.1 Å². The summed E-state index contributed by atoms with van der Waals surface area (Å²) in [5.74, 6) is 2.13. The van der Waals surface area contributed by atoms with E-state index in [9.17, 15) is 0 Å². The molecule has 0 amide bonds. The van der Waals surface area contributed by atoms with E-state index in [4.69, 9.17) is 0 Å². The summed E-state index contributed by atoms with van der Waals surface area (Å²) in [6, 6.07) is 0.933. The highest BCUT2D eigenvalue weighted by Crippen LogP contribution is 2.42. The molecule has 3 atom stereocenters. The Morgan fingerprint density at radius 1 is 1.25 bits per heavy atom. The summed E-state index contributed by atoms with van der Waals surface area (Å²) in [5.41, 5.74) is 0. The molecule has 12 heavy (non-hydrogen) atoms. The number of nitrogens with zero attached hydrogens (tertiary/aromatic N) is 1. The smallest absolute Gasteiger partial charge is 0.0124 e. The van der Waals surface area contributed by atoms with Crippen LogP contribution in [-0.4, -0.2) is 24.0 Å². The van der Waals surface area contributed by atoms with Crippen molar-refractivity contribution in [2.45, 2.75) is 45.6 Å². The monoisotopic (exact) mass is 167 g/mol. The van der Waals surface area contributed by atoms with Gasteiger partial charge in [-0.05, 0) is 37.6 Å². The molecule has 1 aliphatic heterocycles. The number of likely N-dealkylation sites (tertiary alicyclic amines) is 1. The first kappa shape index (κ1) is 8.55. The maximum atomic E-state index is 2.70. The molecule has 2 aliphatic rings. The highest BCUT2D eigenvalue weighted by atomic mass is 15.2. The minimum Gasteiger partial charge on any atom is -0.300 e. The second-order valence-corrected chi connectivity index (χ2v) is 4.42. The summed E-state index contributed by atoms with van der Waals surface area (Å²) in [7, 11) is 0. The molecular weight excluding hydrogens is 146 g/mol. The lowest BCUT2D eigenvalue weighted by Crippen LogP contribution is -2.31. The highest BCUT2D eigenvalue weighted by Gasteiger charge is 2.41. The van der Waals surface area contributed by atoms with E-state index >= 15 is 0 Å². The van der Waals surface area contributed by atoms with Crippen molar-refractivity contribution < 1.29 is 0 Å². The summed E-state index contributed by atoms with van der Waals surface area (Å²) in [6.45, 7) is 7.34. The average Bonchev–Trinajstić information content (AvgIpc) is 2.61. The first-order valence-corrected chi connectivity index (χ1v) is 5.60. The summed E-state index contributed by atoms with van der Waals surface area (Å²) in [5, 5.41) is 0. The zero-order valence-electron chi connectivity index (χ0n) is 8.42. The van der Waals surface area contributed by atoms with Crippen LogP contribution in [0.2, 0.25) is 0 Å². The molecule has 3 unspecified atom stereocenters. The Bertz CT molecular complexity index is 155. The summed E-state index contributed by atoms with van der Waals surface area (Å²) in [6.07, 6.45) is 5.90. The van der Waals surface area contributed by atoms with Crippen molar-refractivity contribution in [2.24, 2.45) is 11.8 Å². The maximum absolute atomic E-state index is 2.70. The predicted molar refractivity (Wildman–Crippen MR) is 52.2 cm³/mol. The molecule has 0 N–H and O–H groups in total. The third-order valence-corrected chi connectivity index (χ3v) is 3.97. The van der Waals surface area contributed by atoms with Crippen LogP contribution >= 0.6 is 0 Å². The molecular formula is C11H21N. The average molecular weight is 167 g/mol. The maximum Gasteiger partial charge on any atom is 0.0124 e. The third kappa shape index (κ3) is 1.19. The molecule has 1 heterocycles. The van der Waals surface area contributed by atoms with Crippen LogP contribution < -0.4 is 0 Å². The Morgan fingerprint density at radius 2 is 2.08 bits per heavy atom. The van der Waals surface area contributed by atoms with Crippen molar-refractivity contribution in [1.29, 1.82) is 0 Å². The molecule has 0 radical (unpaired) electrons. The Balaban J connectivity index is 2.05. The van der Waals surface area contributed by atoms with Crippen molar-refractivity contribution in [1.82, 2.24) is 4.90 Å². The minimum absolute atomic E-state index is 0.933. The molecule has 1 saturated carbocycles. The number of hydrogen-bond acceptors (Lipinski definition) is 1. The van der Waals surface area contributed by atoms with E-state index < -0.39 is 0 Å². The van der Waals surface area contributed by atoms with Crippen molar-refractivity contribution in [3.8, 4) is 0 Å². The van der Waals surface area contributed by atoms with Crippen LogP contribution in [0.25, 0.3) is 0 Å². The molecule has 0 spiro atoms. The minimum atomic E-state index is 0.933. The molecule has 2 rings (SSSR count). The zero-order valence-corrected chi connectivity index (χ0v) is 8.42. The summed E-state index contributed by atoms with van der Waals surface area (Å²) >= 11 is 0. The molecule has 0 bridgehead atoms. The van der Waals surface area contributed by atoms with Gasteiger partial charge >= 0.3 is 0 Å². The van der Waals surface area contributed by atoms with Gasteiger partial charge in [-0.15, -0.1) is 0 Å². The standard InChI is InChI=1S/C11H21N/c1-3-11-10-7-5-6-9(10)8-12(11)4-2/h9-11H,3-8H2,1-2H3. The van der Waals surface area contributed by atoms with Gasteiger partial charge in [0.2, 0.25) is 0 Å². The molecule has 1 saturated heterocycles. The lowest BCUT2D eigenvalue weighted by molar-refractivity contribution is 0.226. The van der Waals surface area contributed by atoms with Gasteiger partial charge in [0, 0.05) is 12.6 Å². The van der Waals surface area contributed by atoms with Crippen LogP contribution in [0.5, 0.6) is 0 Å². The van der Waals surface area contributed by atoms with E-state index in [0.717, 1.165) is 17.9 Å². The van der Waals surface area contributed by atoms with Crippen LogP contribution in [-0.2, 0) is 0 Å². The fraction of sp³-hybridized carbons (Fsp3) is 1.00. The largest absolute Gasteiger partial charge is 0.300 e. The van der Waals surface area contributed by atoms with Gasteiger partial charge < -0.3 is 4.90 Å². The van der Waals surface area contributed by atoms with E-state index in [0.29, 0.717) is 0 Å². The highest BCUT2D eigenvalue weighted by molar-refractivity contribution is 4.95. The van der Waals surface area contributed by atoms with Crippen molar-refractivity contribution in [3.63, 3.8) is 0 Å². The van der Waals surface area contributed by atoms with E-state index in [2.05, 4.69) is 18.7 Å². The predicted octanol–water partition coefficient (Wildman–Crippen LogP) is 2.52. The Kier molecular flexibility index (Phi) is 2.40. The van der Waals surface area contributed by atoms with E-state index in [1.54, 1.807) is 0 Å². The fourth-order valence-electron chi connectivity index (χ4n) is 3.43. The van der Waals surface area contributed by atoms with Gasteiger partial charge in [-0.25, -0.2) is 0 Å². The van der Waals surface area contributed by atoms with E-state index in [-0.39, 0.29) is 0 Å². The quantitative estimate of drug-likeness (QED) is 0.611. The third-order valence-electron chi connectivity index (χ3n) is 3.97. The second kappa shape index (κ2) is 3.37. The number of rotatable bonds is 2. The van der Waals surface area contributed by atoms with E-state index in [1.165, 1.54) is 38.8 Å². The van der Waals surface area contributed by atoms with Crippen LogP contribution in [0.1, 0.15) is 39.5 Å². The molecule has 0 aromatic rings. The van der Waals surface area contributed by atoms with Crippen molar-refractivity contribution in [3.05, 3.63) is 0 Å². The molecule has 1 aliphatic carbocycles. The van der Waals surface area contributed by atoms with Crippen LogP contribution in [0.4, 0.5) is 0 Å². The lowest BCUT2D eigenvalue weighted by atomic mass is 9.93. The van der Waals surface area contributed by atoms with Gasteiger partial charge in [-0.3, -0.25) is 0 Å². The van der Waals surface area contributed by atoms with Crippen LogP contribution in [0.15, 0.2) is 0 Å².